The Hall–Kier alpha value is -2.37. The van der Waals surface area contributed by atoms with Crippen LogP contribution in [0.15, 0.2) is 28.7 Å². The topological polar surface area (TPSA) is 93.6 Å². The summed E-state index contributed by atoms with van der Waals surface area (Å²) in [5.74, 6) is -0.165. The van der Waals surface area contributed by atoms with Crippen molar-refractivity contribution in [2.75, 3.05) is 0 Å². The second-order valence-corrected chi connectivity index (χ2v) is 6.68. The first-order valence-electron chi connectivity index (χ1n) is 7.87. The molecule has 0 aromatic carbocycles. The molecule has 3 amide bonds. The molecular formula is C17H18N2O4. The molecule has 0 radical (unpaired) electrons. The fourth-order valence-corrected chi connectivity index (χ4v) is 4.37. The molecule has 23 heavy (non-hydrogen) atoms. The number of nitrogens with zero attached hydrogens (tertiary/aromatic N) is 1. The van der Waals surface area contributed by atoms with E-state index in [-0.39, 0.29) is 41.9 Å². The molecule has 120 valence electrons. The van der Waals surface area contributed by atoms with E-state index in [1.807, 2.05) is 12.2 Å². The molecule has 4 rings (SSSR count). The summed E-state index contributed by atoms with van der Waals surface area (Å²) in [6, 6.07) is 2.71. The Bertz CT molecular complexity index is 705. The molecule has 5 unspecified atom stereocenters. The van der Waals surface area contributed by atoms with Crippen LogP contribution in [0.5, 0.6) is 0 Å². The number of fused-ring (bicyclic) bond motifs is 5. The molecular weight excluding hydrogens is 296 g/mol. The van der Waals surface area contributed by atoms with Gasteiger partial charge in [0.15, 0.2) is 0 Å². The number of carbonyl (C=O) groups is 3. The summed E-state index contributed by atoms with van der Waals surface area (Å²) in [6.07, 6.45) is 4.84. The summed E-state index contributed by atoms with van der Waals surface area (Å²) in [7, 11) is 0. The summed E-state index contributed by atoms with van der Waals surface area (Å²) in [6.45, 7) is 1.78. The van der Waals surface area contributed by atoms with E-state index in [4.69, 9.17) is 10.2 Å². The Kier molecular flexibility index (Phi) is 2.98. The smallest absolute Gasteiger partial charge is 0.234 e. The zero-order chi connectivity index (χ0) is 16.3. The third-order valence-electron chi connectivity index (χ3n) is 5.30. The first kappa shape index (κ1) is 14.2. The van der Waals surface area contributed by atoms with Crippen molar-refractivity contribution in [2.24, 2.45) is 29.4 Å². The van der Waals surface area contributed by atoms with Gasteiger partial charge in [-0.05, 0) is 37.3 Å². The molecule has 1 saturated heterocycles. The van der Waals surface area contributed by atoms with E-state index in [0.717, 1.165) is 6.42 Å². The van der Waals surface area contributed by atoms with E-state index in [2.05, 4.69) is 0 Å². The van der Waals surface area contributed by atoms with Crippen LogP contribution in [0.1, 0.15) is 30.4 Å². The lowest BCUT2D eigenvalue weighted by Crippen LogP contribution is -2.38. The van der Waals surface area contributed by atoms with Crippen molar-refractivity contribution in [3.63, 3.8) is 0 Å². The minimum Gasteiger partial charge on any atom is -0.464 e. The van der Waals surface area contributed by atoms with Gasteiger partial charge in [0.1, 0.15) is 17.6 Å². The van der Waals surface area contributed by atoms with Gasteiger partial charge in [0.2, 0.25) is 17.7 Å². The van der Waals surface area contributed by atoms with Crippen molar-refractivity contribution < 1.29 is 18.8 Å². The number of allylic oxidation sites excluding steroid dienone is 2. The van der Waals surface area contributed by atoms with E-state index in [9.17, 15) is 14.4 Å². The normalized spacial score (nSPS) is 32.7. The van der Waals surface area contributed by atoms with Gasteiger partial charge in [0.05, 0.1) is 18.3 Å². The van der Waals surface area contributed by atoms with E-state index < -0.39 is 11.9 Å². The number of amides is 3. The minimum absolute atomic E-state index is 0.118. The Morgan fingerprint density at radius 3 is 2.35 bits per heavy atom. The van der Waals surface area contributed by atoms with Gasteiger partial charge in [0, 0.05) is 0 Å². The lowest BCUT2D eigenvalue weighted by atomic mass is 9.85. The first-order valence-corrected chi connectivity index (χ1v) is 7.87. The molecule has 6 nitrogen and oxygen atoms in total. The molecule has 2 bridgehead atoms. The molecule has 6 heteroatoms. The van der Waals surface area contributed by atoms with Crippen LogP contribution in [0, 0.1) is 30.6 Å². The Balaban J connectivity index is 1.71. The Morgan fingerprint density at radius 2 is 1.87 bits per heavy atom. The summed E-state index contributed by atoms with van der Waals surface area (Å²) in [5.41, 5.74) is 5.34. The lowest BCUT2D eigenvalue weighted by Gasteiger charge is -2.25. The van der Waals surface area contributed by atoms with Crippen molar-refractivity contribution in [1.29, 1.82) is 0 Å². The zero-order valence-electron chi connectivity index (χ0n) is 12.8. The molecule has 2 N–H and O–H groups in total. The molecule has 5 atom stereocenters. The summed E-state index contributed by atoms with van der Waals surface area (Å²) in [4.78, 5) is 38.4. The quantitative estimate of drug-likeness (QED) is 0.670. The Morgan fingerprint density at radius 1 is 1.26 bits per heavy atom. The van der Waals surface area contributed by atoms with Gasteiger partial charge in [-0.1, -0.05) is 12.2 Å². The van der Waals surface area contributed by atoms with Crippen LogP contribution in [0.3, 0.4) is 0 Å². The summed E-state index contributed by atoms with van der Waals surface area (Å²) >= 11 is 0. The van der Waals surface area contributed by atoms with Gasteiger partial charge in [0.25, 0.3) is 0 Å². The monoisotopic (exact) mass is 314 g/mol. The maximum Gasteiger partial charge on any atom is 0.234 e. The molecule has 2 aliphatic carbocycles. The minimum atomic E-state index is -0.744. The highest BCUT2D eigenvalue weighted by Gasteiger charge is 2.60. The maximum absolute atomic E-state index is 12.9. The van der Waals surface area contributed by atoms with Crippen LogP contribution in [-0.2, 0) is 14.4 Å². The van der Waals surface area contributed by atoms with E-state index in [1.54, 1.807) is 19.1 Å². The number of furan rings is 1. The third kappa shape index (κ3) is 1.97. The standard InChI is InChI=1S/C17H18N2O4/c1-8-2-5-12(23-8)11(7-13(18)20)19-16(21)14-9-3-4-10(6-9)15(14)17(19)22/h2-5,9-11,14-15H,6-7H2,1H3,(H2,18,20). The molecule has 0 spiro atoms. The Labute approximate surface area is 133 Å². The number of imide groups is 1. The SMILES string of the molecule is Cc1ccc(C(CC(N)=O)N2C(=O)C3C4C=CC(C4)C3C2=O)o1. The van der Waals surface area contributed by atoms with Crippen molar-refractivity contribution in [2.45, 2.75) is 25.8 Å². The maximum atomic E-state index is 12.9. The van der Waals surface area contributed by atoms with Gasteiger partial charge >= 0.3 is 0 Å². The van der Waals surface area contributed by atoms with Crippen molar-refractivity contribution in [3.05, 3.63) is 35.8 Å². The molecule has 1 saturated carbocycles. The summed E-state index contributed by atoms with van der Waals surface area (Å²) < 4.78 is 5.58. The fourth-order valence-electron chi connectivity index (χ4n) is 4.37. The number of primary amides is 1. The van der Waals surface area contributed by atoms with Crippen molar-refractivity contribution in [1.82, 2.24) is 4.90 Å². The first-order chi connectivity index (χ1) is 11.0. The van der Waals surface area contributed by atoms with Crippen LogP contribution < -0.4 is 5.73 Å². The second kappa shape index (κ2) is 4.81. The fraction of sp³-hybridized carbons (Fsp3) is 0.471. The third-order valence-corrected chi connectivity index (χ3v) is 5.30. The largest absolute Gasteiger partial charge is 0.464 e. The van der Waals surface area contributed by atoms with E-state index in [0.29, 0.717) is 11.5 Å². The van der Waals surface area contributed by atoms with Crippen LogP contribution >= 0.6 is 0 Å². The average molecular weight is 314 g/mol. The van der Waals surface area contributed by atoms with Crippen LogP contribution in [0.25, 0.3) is 0 Å². The van der Waals surface area contributed by atoms with Crippen LogP contribution in [0.4, 0.5) is 0 Å². The number of hydrogen-bond acceptors (Lipinski definition) is 4. The van der Waals surface area contributed by atoms with Crippen molar-refractivity contribution in [3.8, 4) is 0 Å². The predicted molar refractivity (Wildman–Crippen MR) is 79.6 cm³/mol. The van der Waals surface area contributed by atoms with E-state index in [1.165, 1.54) is 4.90 Å². The molecule has 2 fully saturated rings. The number of likely N-dealkylation sites (tertiary alicyclic amines) is 1. The van der Waals surface area contributed by atoms with Gasteiger partial charge in [-0.2, -0.15) is 0 Å². The molecule has 1 aliphatic heterocycles. The van der Waals surface area contributed by atoms with Gasteiger partial charge in [-0.15, -0.1) is 0 Å². The predicted octanol–water partition coefficient (Wildman–Crippen LogP) is 1.31. The van der Waals surface area contributed by atoms with Gasteiger partial charge in [-0.25, -0.2) is 0 Å². The highest BCUT2D eigenvalue weighted by atomic mass is 16.3. The number of rotatable bonds is 4. The van der Waals surface area contributed by atoms with Crippen LogP contribution in [-0.4, -0.2) is 22.6 Å². The second-order valence-electron chi connectivity index (χ2n) is 6.68. The number of hydrogen-bond donors (Lipinski definition) is 1. The summed E-state index contributed by atoms with van der Waals surface area (Å²) in [5, 5.41) is 0. The number of nitrogens with two attached hydrogens (primary N) is 1. The average Bonchev–Trinajstić information content (AvgIpc) is 3.22. The zero-order valence-corrected chi connectivity index (χ0v) is 12.8. The number of aryl methyl sites for hydroxylation is 1. The van der Waals surface area contributed by atoms with Gasteiger partial charge in [-0.3, -0.25) is 19.3 Å². The van der Waals surface area contributed by atoms with Crippen molar-refractivity contribution >= 4 is 17.7 Å². The lowest BCUT2D eigenvalue weighted by molar-refractivity contribution is -0.144. The molecule has 2 heterocycles. The van der Waals surface area contributed by atoms with Crippen LogP contribution in [0.2, 0.25) is 0 Å². The van der Waals surface area contributed by atoms with E-state index >= 15 is 0 Å². The highest BCUT2D eigenvalue weighted by Crippen LogP contribution is 2.54. The highest BCUT2D eigenvalue weighted by molar-refractivity contribution is 6.07. The molecule has 1 aromatic heterocycles. The van der Waals surface area contributed by atoms with Gasteiger partial charge < -0.3 is 10.2 Å². The molecule has 3 aliphatic rings. The molecule has 1 aromatic rings. The number of carbonyl (C=O) groups excluding carboxylic acids is 3.